The van der Waals surface area contributed by atoms with Crippen LogP contribution < -0.4 is 15.0 Å². The van der Waals surface area contributed by atoms with Crippen molar-refractivity contribution >= 4 is 76.0 Å². The minimum Gasteiger partial charge on any atom is -0.487 e. The summed E-state index contributed by atoms with van der Waals surface area (Å²) in [7, 11) is 0. The second-order valence-corrected chi connectivity index (χ2v) is 8.88. The summed E-state index contributed by atoms with van der Waals surface area (Å²) >= 11 is 24.5. The van der Waals surface area contributed by atoms with Crippen molar-refractivity contribution in [1.29, 1.82) is 0 Å². The Morgan fingerprint density at radius 2 is 1.56 bits per heavy atom. The molecule has 10 heteroatoms. The third kappa shape index (κ3) is 5.21. The number of ether oxygens (including phenoxy) is 1. The van der Waals surface area contributed by atoms with Crippen molar-refractivity contribution in [2.24, 2.45) is 0 Å². The zero-order valence-electron chi connectivity index (χ0n) is 17.2. The van der Waals surface area contributed by atoms with Gasteiger partial charge in [0.05, 0.1) is 10.7 Å². The Morgan fingerprint density at radius 3 is 2.26 bits per heavy atom. The number of nitrogens with zero attached hydrogens (tertiary/aromatic N) is 1. The first kappa shape index (κ1) is 24.1. The van der Waals surface area contributed by atoms with Crippen LogP contribution in [0, 0.1) is 0 Å². The average molecular weight is 536 g/mol. The standard InChI is InChI=1S/C24H14Cl4N2O4/c25-15-4-1-3-13(7-15)12-34-21-14(8-17(27)11-20(21)28)9-19-22(31)29-24(33)30(23(19)32)18-6-2-5-16(26)10-18/h1-11H,12H2,(H,29,31,33)/b19-9+. The minimum atomic E-state index is -0.893. The number of hydrogen-bond donors (Lipinski definition) is 1. The molecule has 1 N–H and O–H groups in total. The Labute approximate surface area is 214 Å². The minimum absolute atomic E-state index is 0.116. The van der Waals surface area contributed by atoms with E-state index in [2.05, 4.69) is 5.32 Å². The summed E-state index contributed by atoms with van der Waals surface area (Å²) in [4.78, 5) is 39.0. The van der Waals surface area contributed by atoms with Gasteiger partial charge >= 0.3 is 6.03 Å². The van der Waals surface area contributed by atoms with Gasteiger partial charge < -0.3 is 4.74 Å². The zero-order chi connectivity index (χ0) is 24.4. The molecule has 4 amide bonds. The molecular formula is C24H14Cl4N2O4. The third-order valence-electron chi connectivity index (χ3n) is 4.78. The van der Waals surface area contributed by atoms with Gasteiger partial charge in [-0.2, -0.15) is 0 Å². The molecule has 1 fully saturated rings. The van der Waals surface area contributed by atoms with Gasteiger partial charge in [0.1, 0.15) is 17.9 Å². The van der Waals surface area contributed by atoms with Crippen LogP contribution in [0.15, 0.2) is 66.2 Å². The van der Waals surface area contributed by atoms with E-state index in [0.717, 1.165) is 10.5 Å². The van der Waals surface area contributed by atoms with Crippen molar-refractivity contribution in [3.8, 4) is 5.75 Å². The number of nitrogens with one attached hydrogen (secondary N) is 1. The molecule has 1 saturated heterocycles. The van der Waals surface area contributed by atoms with Gasteiger partial charge in [-0.05, 0) is 54.1 Å². The highest BCUT2D eigenvalue weighted by Crippen LogP contribution is 2.35. The second kappa shape index (κ2) is 10.1. The summed E-state index contributed by atoms with van der Waals surface area (Å²) in [6.07, 6.45) is 1.27. The Hall–Kier alpha value is -3.03. The lowest BCUT2D eigenvalue weighted by Crippen LogP contribution is -2.54. The van der Waals surface area contributed by atoms with Gasteiger partial charge in [-0.3, -0.25) is 14.9 Å². The van der Waals surface area contributed by atoms with Gasteiger partial charge in [0.15, 0.2) is 0 Å². The summed E-state index contributed by atoms with van der Waals surface area (Å²) in [5.74, 6) is -1.51. The van der Waals surface area contributed by atoms with Crippen LogP contribution in [0.2, 0.25) is 20.1 Å². The number of rotatable bonds is 5. The molecule has 0 aromatic heterocycles. The van der Waals surface area contributed by atoms with Gasteiger partial charge in [0.25, 0.3) is 11.8 Å². The molecule has 0 spiro atoms. The van der Waals surface area contributed by atoms with Crippen LogP contribution in [-0.2, 0) is 16.2 Å². The molecule has 0 atom stereocenters. The van der Waals surface area contributed by atoms with E-state index < -0.39 is 17.8 Å². The normalized spacial score (nSPS) is 15.0. The molecule has 1 heterocycles. The monoisotopic (exact) mass is 534 g/mol. The maximum Gasteiger partial charge on any atom is 0.335 e. The molecule has 1 aliphatic rings. The fraction of sp³-hybridized carbons (Fsp3) is 0.0417. The number of benzene rings is 3. The van der Waals surface area contributed by atoms with Crippen LogP contribution in [0.4, 0.5) is 10.5 Å². The smallest absolute Gasteiger partial charge is 0.335 e. The van der Waals surface area contributed by atoms with Gasteiger partial charge in [-0.25, -0.2) is 9.69 Å². The van der Waals surface area contributed by atoms with Gasteiger partial charge in [0, 0.05) is 20.6 Å². The van der Waals surface area contributed by atoms with E-state index in [-0.39, 0.29) is 39.2 Å². The van der Waals surface area contributed by atoms with Crippen molar-refractivity contribution in [2.45, 2.75) is 6.61 Å². The maximum atomic E-state index is 13.2. The lowest BCUT2D eigenvalue weighted by atomic mass is 10.1. The van der Waals surface area contributed by atoms with E-state index >= 15 is 0 Å². The Balaban J connectivity index is 1.72. The summed E-state index contributed by atoms with van der Waals surface area (Å²) in [5, 5.41) is 3.45. The van der Waals surface area contributed by atoms with Gasteiger partial charge in [0.2, 0.25) is 0 Å². The predicted octanol–water partition coefficient (Wildman–Crippen LogP) is 6.55. The van der Waals surface area contributed by atoms with E-state index in [9.17, 15) is 14.4 Å². The average Bonchev–Trinajstić information content (AvgIpc) is 2.76. The Morgan fingerprint density at radius 1 is 0.853 bits per heavy atom. The molecule has 0 radical (unpaired) electrons. The molecule has 0 saturated carbocycles. The molecule has 3 aromatic rings. The second-order valence-electron chi connectivity index (χ2n) is 7.16. The first-order valence-electron chi connectivity index (χ1n) is 9.76. The van der Waals surface area contributed by atoms with Crippen LogP contribution in [0.25, 0.3) is 6.08 Å². The van der Waals surface area contributed by atoms with Crippen molar-refractivity contribution in [2.75, 3.05) is 4.90 Å². The number of carbonyl (C=O) groups excluding carboxylic acids is 3. The summed E-state index contributed by atoms with van der Waals surface area (Å²) in [6, 6.07) is 15.3. The van der Waals surface area contributed by atoms with E-state index in [1.807, 2.05) is 6.07 Å². The largest absolute Gasteiger partial charge is 0.487 e. The SMILES string of the molecule is O=C1NC(=O)N(c2cccc(Cl)c2)C(=O)/C1=C/c1cc(Cl)cc(Cl)c1OCc1cccc(Cl)c1. The number of carbonyl (C=O) groups is 3. The zero-order valence-corrected chi connectivity index (χ0v) is 20.2. The summed E-state index contributed by atoms with van der Waals surface area (Å²) in [5.41, 5.74) is 0.945. The van der Waals surface area contributed by atoms with E-state index in [1.165, 1.54) is 30.3 Å². The van der Waals surface area contributed by atoms with Crippen molar-refractivity contribution in [3.63, 3.8) is 0 Å². The number of halogens is 4. The topological polar surface area (TPSA) is 75.7 Å². The lowest BCUT2D eigenvalue weighted by Gasteiger charge is -2.26. The number of imide groups is 2. The van der Waals surface area contributed by atoms with Crippen LogP contribution in [-0.4, -0.2) is 17.8 Å². The van der Waals surface area contributed by atoms with Gasteiger partial charge in [-0.1, -0.05) is 64.6 Å². The molecular weight excluding hydrogens is 522 g/mol. The van der Waals surface area contributed by atoms with Crippen LogP contribution >= 0.6 is 46.4 Å². The Bertz CT molecular complexity index is 1360. The van der Waals surface area contributed by atoms with Crippen LogP contribution in [0.5, 0.6) is 5.75 Å². The highest BCUT2D eigenvalue weighted by molar-refractivity contribution is 6.40. The van der Waals surface area contributed by atoms with Crippen LogP contribution in [0.1, 0.15) is 11.1 Å². The molecule has 6 nitrogen and oxygen atoms in total. The number of anilines is 1. The van der Waals surface area contributed by atoms with Crippen LogP contribution in [0.3, 0.4) is 0 Å². The maximum absolute atomic E-state index is 13.2. The molecule has 3 aromatic carbocycles. The van der Waals surface area contributed by atoms with Crippen molar-refractivity contribution in [1.82, 2.24) is 5.32 Å². The highest BCUT2D eigenvalue weighted by Gasteiger charge is 2.37. The fourth-order valence-corrected chi connectivity index (χ4v) is 4.25. The van der Waals surface area contributed by atoms with Gasteiger partial charge in [-0.15, -0.1) is 0 Å². The number of amides is 4. The summed E-state index contributed by atoms with van der Waals surface area (Å²) in [6.45, 7) is 0.116. The molecule has 0 aliphatic carbocycles. The highest BCUT2D eigenvalue weighted by atomic mass is 35.5. The third-order valence-corrected chi connectivity index (χ3v) is 5.75. The summed E-state index contributed by atoms with van der Waals surface area (Å²) < 4.78 is 5.89. The fourth-order valence-electron chi connectivity index (χ4n) is 3.28. The predicted molar refractivity (Wildman–Crippen MR) is 133 cm³/mol. The first-order chi connectivity index (χ1) is 16.2. The molecule has 0 bridgehead atoms. The lowest BCUT2D eigenvalue weighted by molar-refractivity contribution is -0.122. The number of barbiturate groups is 1. The number of urea groups is 1. The van der Waals surface area contributed by atoms with E-state index in [4.69, 9.17) is 51.1 Å². The molecule has 172 valence electrons. The Kier molecular flexibility index (Phi) is 7.14. The van der Waals surface area contributed by atoms with Crippen molar-refractivity contribution < 1.29 is 19.1 Å². The molecule has 1 aliphatic heterocycles. The van der Waals surface area contributed by atoms with E-state index in [0.29, 0.717) is 10.0 Å². The molecule has 4 rings (SSSR count). The molecule has 34 heavy (non-hydrogen) atoms. The van der Waals surface area contributed by atoms with E-state index in [1.54, 1.807) is 30.3 Å². The number of hydrogen-bond acceptors (Lipinski definition) is 4. The first-order valence-corrected chi connectivity index (χ1v) is 11.3. The van der Waals surface area contributed by atoms with Crippen molar-refractivity contribution in [3.05, 3.63) is 97.5 Å². The quantitative estimate of drug-likeness (QED) is 0.297. The molecule has 0 unspecified atom stereocenters.